The minimum absolute atomic E-state index is 0.0496. The van der Waals surface area contributed by atoms with Crippen LogP contribution in [0.5, 0.6) is 0 Å². The van der Waals surface area contributed by atoms with E-state index in [2.05, 4.69) is 4.98 Å². The van der Waals surface area contributed by atoms with Gasteiger partial charge in [0.25, 0.3) is 10.0 Å². The van der Waals surface area contributed by atoms with Crippen molar-refractivity contribution in [2.45, 2.75) is 50.2 Å². The molecule has 2 unspecified atom stereocenters. The third-order valence-electron chi connectivity index (χ3n) is 3.43. The zero-order valence-electron chi connectivity index (χ0n) is 10.5. The minimum Gasteiger partial charge on any atom is -0.241 e. The van der Waals surface area contributed by atoms with E-state index in [1.165, 1.54) is 16.6 Å². The molecule has 0 bridgehead atoms. The Morgan fingerprint density at radius 1 is 1.50 bits per heavy atom. The fraction of sp³-hybridized carbons (Fsp3) is 0.583. The Morgan fingerprint density at radius 2 is 2.22 bits per heavy atom. The summed E-state index contributed by atoms with van der Waals surface area (Å²) in [6.45, 7) is 3.80. The van der Waals surface area contributed by atoms with Gasteiger partial charge in [0.15, 0.2) is 5.82 Å². The number of sulfonamides is 1. The monoisotopic (exact) mass is 272 g/mol. The second kappa shape index (κ2) is 4.93. The van der Waals surface area contributed by atoms with Crippen LogP contribution in [-0.2, 0) is 10.0 Å². The van der Waals surface area contributed by atoms with Crippen molar-refractivity contribution >= 4 is 10.0 Å². The number of aromatic nitrogens is 1. The molecular weight excluding hydrogens is 255 g/mol. The highest BCUT2D eigenvalue weighted by molar-refractivity contribution is 7.89. The van der Waals surface area contributed by atoms with Gasteiger partial charge >= 0.3 is 0 Å². The van der Waals surface area contributed by atoms with E-state index in [0.717, 1.165) is 25.3 Å². The molecule has 0 radical (unpaired) electrons. The van der Waals surface area contributed by atoms with Gasteiger partial charge in [-0.25, -0.2) is 17.8 Å². The first-order valence-electron chi connectivity index (χ1n) is 6.12. The number of rotatable bonds is 3. The summed E-state index contributed by atoms with van der Waals surface area (Å²) in [4.78, 5) is 3.69. The molecule has 1 aliphatic rings. The van der Waals surface area contributed by atoms with Crippen LogP contribution in [0.1, 0.15) is 33.1 Å². The van der Waals surface area contributed by atoms with Crippen molar-refractivity contribution in [3.05, 3.63) is 24.1 Å². The lowest BCUT2D eigenvalue weighted by molar-refractivity contribution is 0.325. The highest BCUT2D eigenvalue weighted by Gasteiger charge is 2.40. The van der Waals surface area contributed by atoms with Gasteiger partial charge in [0, 0.05) is 18.3 Å². The van der Waals surface area contributed by atoms with Crippen LogP contribution >= 0.6 is 0 Å². The number of nitrogens with zero attached hydrogens (tertiary/aromatic N) is 2. The van der Waals surface area contributed by atoms with E-state index >= 15 is 0 Å². The summed E-state index contributed by atoms with van der Waals surface area (Å²) in [5.74, 6) is -0.786. The summed E-state index contributed by atoms with van der Waals surface area (Å²) in [6.07, 6.45) is 3.67. The van der Waals surface area contributed by atoms with Gasteiger partial charge in [-0.3, -0.25) is 0 Å². The van der Waals surface area contributed by atoms with Gasteiger partial charge in [-0.1, -0.05) is 6.92 Å². The largest absolute Gasteiger partial charge is 0.264 e. The van der Waals surface area contributed by atoms with Crippen LogP contribution in [0.25, 0.3) is 0 Å². The van der Waals surface area contributed by atoms with E-state index in [9.17, 15) is 12.8 Å². The topological polar surface area (TPSA) is 50.3 Å². The molecule has 0 aliphatic carbocycles. The highest BCUT2D eigenvalue weighted by Crippen LogP contribution is 2.32. The maximum absolute atomic E-state index is 13.6. The van der Waals surface area contributed by atoms with Gasteiger partial charge in [-0.05, 0) is 38.3 Å². The van der Waals surface area contributed by atoms with E-state index in [1.807, 2.05) is 13.8 Å². The Kier molecular flexibility index (Phi) is 3.68. The summed E-state index contributed by atoms with van der Waals surface area (Å²) in [5.41, 5.74) is 0. The van der Waals surface area contributed by atoms with Gasteiger partial charge in [0.1, 0.15) is 0 Å². The van der Waals surface area contributed by atoms with E-state index in [4.69, 9.17) is 0 Å². The van der Waals surface area contributed by atoms with Crippen LogP contribution in [0.15, 0.2) is 23.4 Å². The van der Waals surface area contributed by atoms with E-state index in [0.29, 0.717) is 0 Å². The fourth-order valence-corrected chi connectivity index (χ4v) is 4.46. The summed E-state index contributed by atoms with van der Waals surface area (Å²) >= 11 is 0. The molecule has 1 aromatic heterocycles. The molecule has 2 heterocycles. The van der Waals surface area contributed by atoms with Crippen molar-refractivity contribution in [3.63, 3.8) is 0 Å². The molecule has 1 saturated heterocycles. The quantitative estimate of drug-likeness (QED) is 0.847. The molecule has 0 spiro atoms. The second-order valence-electron chi connectivity index (χ2n) is 4.61. The van der Waals surface area contributed by atoms with Crippen molar-refractivity contribution in [2.24, 2.45) is 0 Å². The summed E-state index contributed by atoms with van der Waals surface area (Å²) < 4.78 is 40.0. The Bertz CT molecular complexity index is 533. The number of halogens is 1. The van der Waals surface area contributed by atoms with E-state index < -0.39 is 20.9 Å². The molecule has 1 aromatic rings. The minimum atomic E-state index is -3.83. The lowest BCUT2D eigenvalue weighted by atomic mass is 10.2. The molecule has 2 atom stereocenters. The molecule has 100 valence electrons. The molecule has 0 saturated carbocycles. The van der Waals surface area contributed by atoms with Gasteiger partial charge in [-0.2, -0.15) is 4.31 Å². The maximum atomic E-state index is 13.6. The molecular formula is C12H17FN2O2S. The number of hydrogen-bond donors (Lipinski definition) is 0. The van der Waals surface area contributed by atoms with Crippen molar-refractivity contribution < 1.29 is 12.8 Å². The molecule has 1 fully saturated rings. The Labute approximate surface area is 107 Å². The van der Waals surface area contributed by atoms with Crippen molar-refractivity contribution in [1.82, 2.24) is 9.29 Å². The van der Waals surface area contributed by atoms with E-state index in [1.54, 1.807) is 0 Å². The molecule has 0 N–H and O–H groups in total. The lowest BCUT2D eigenvalue weighted by Crippen LogP contribution is -2.40. The van der Waals surface area contributed by atoms with Crippen LogP contribution in [0.2, 0.25) is 0 Å². The zero-order chi connectivity index (χ0) is 13.3. The van der Waals surface area contributed by atoms with Gasteiger partial charge in [-0.15, -0.1) is 0 Å². The summed E-state index contributed by atoms with van der Waals surface area (Å²) in [6, 6.07) is 2.37. The average molecular weight is 272 g/mol. The Hall–Kier alpha value is -1.01. The molecule has 18 heavy (non-hydrogen) atoms. The third kappa shape index (κ3) is 2.14. The standard InChI is InChI=1S/C12H17FN2O2S/c1-3-10-7-6-9(2)15(10)18(16,17)12-11(13)5-4-8-14-12/h4-5,8-10H,3,6-7H2,1-2H3. The fourth-order valence-electron chi connectivity index (χ4n) is 2.53. The number of pyridine rings is 1. The van der Waals surface area contributed by atoms with E-state index in [-0.39, 0.29) is 12.1 Å². The third-order valence-corrected chi connectivity index (χ3v) is 5.43. The first-order valence-corrected chi connectivity index (χ1v) is 7.56. The SMILES string of the molecule is CCC1CCC(C)N1S(=O)(=O)c1ncccc1F. The highest BCUT2D eigenvalue weighted by atomic mass is 32.2. The normalized spacial score (nSPS) is 25.5. The molecule has 0 aromatic carbocycles. The zero-order valence-corrected chi connectivity index (χ0v) is 11.3. The maximum Gasteiger partial charge on any atom is 0.264 e. The molecule has 4 nitrogen and oxygen atoms in total. The van der Waals surface area contributed by atoms with Crippen molar-refractivity contribution in [3.8, 4) is 0 Å². The molecule has 6 heteroatoms. The predicted molar refractivity (Wildman–Crippen MR) is 66.0 cm³/mol. The van der Waals surface area contributed by atoms with Crippen LogP contribution in [-0.4, -0.2) is 29.8 Å². The molecule has 2 rings (SSSR count). The van der Waals surface area contributed by atoms with Crippen LogP contribution in [0, 0.1) is 5.82 Å². The Morgan fingerprint density at radius 3 is 2.83 bits per heavy atom. The average Bonchev–Trinajstić information content (AvgIpc) is 2.71. The second-order valence-corrected chi connectivity index (χ2v) is 6.37. The van der Waals surface area contributed by atoms with Crippen LogP contribution in [0.4, 0.5) is 4.39 Å². The lowest BCUT2D eigenvalue weighted by Gasteiger charge is -2.26. The predicted octanol–water partition coefficient (Wildman–Crippen LogP) is 2.17. The number of hydrogen-bond acceptors (Lipinski definition) is 3. The van der Waals surface area contributed by atoms with Gasteiger partial charge in [0.05, 0.1) is 0 Å². The summed E-state index contributed by atoms with van der Waals surface area (Å²) in [7, 11) is -3.83. The van der Waals surface area contributed by atoms with Crippen molar-refractivity contribution in [1.29, 1.82) is 0 Å². The summed E-state index contributed by atoms with van der Waals surface area (Å²) in [5, 5.41) is -0.461. The van der Waals surface area contributed by atoms with Crippen molar-refractivity contribution in [2.75, 3.05) is 0 Å². The first kappa shape index (κ1) is 13.4. The first-order chi connectivity index (χ1) is 8.48. The Balaban J connectivity index is 2.46. The van der Waals surface area contributed by atoms with Crippen LogP contribution in [0.3, 0.4) is 0 Å². The van der Waals surface area contributed by atoms with Gasteiger partial charge < -0.3 is 0 Å². The van der Waals surface area contributed by atoms with Gasteiger partial charge in [0.2, 0.25) is 5.03 Å². The smallest absolute Gasteiger partial charge is 0.241 e. The molecule has 1 aliphatic heterocycles. The molecule has 0 amide bonds. The van der Waals surface area contributed by atoms with Crippen LogP contribution < -0.4 is 0 Å².